The second-order valence-corrected chi connectivity index (χ2v) is 6.23. The SMILES string of the molecule is Cc1cn[nH]c1NS(=O)(=O)c1ccc(N)cc1Br. The molecule has 0 saturated heterocycles. The van der Waals surface area contributed by atoms with Gasteiger partial charge in [0.15, 0.2) is 0 Å². The van der Waals surface area contributed by atoms with Crippen molar-refractivity contribution < 1.29 is 8.42 Å². The number of nitrogen functional groups attached to an aromatic ring is 1. The molecule has 0 amide bonds. The zero-order valence-corrected chi connectivity index (χ0v) is 11.8. The third-order valence-electron chi connectivity index (χ3n) is 2.31. The molecule has 1 aromatic heterocycles. The summed E-state index contributed by atoms with van der Waals surface area (Å²) >= 11 is 3.18. The van der Waals surface area contributed by atoms with E-state index in [0.29, 0.717) is 21.5 Å². The lowest BCUT2D eigenvalue weighted by Gasteiger charge is -2.09. The Labute approximate surface area is 113 Å². The number of nitrogens with one attached hydrogen (secondary N) is 2. The number of halogens is 1. The first-order valence-electron chi connectivity index (χ1n) is 4.98. The van der Waals surface area contributed by atoms with Gasteiger partial charge in [-0.2, -0.15) is 5.10 Å². The van der Waals surface area contributed by atoms with Gasteiger partial charge in [0.1, 0.15) is 10.7 Å². The van der Waals surface area contributed by atoms with Crippen molar-refractivity contribution in [3.8, 4) is 0 Å². The number of aromatic nitrogens is 2. The predicted octanol–water partition coefficient (Wildman–Crippen LogP) is 1.86. The van der Waals surface area contributed by atoms with E-state index in [1.807, 2.05) is 0 Å². The lowest BCUT2D eigenvalue weighted by Crippen LogP contribution is -2.14. The first kappa shape index (κ1) is 12.9. The summed E-state index contributed by atoms with van der Waals surface area (Å²) in [5.41, 5.74) is 6.77. The van der Waals surface area contributed by atoms with E-state index in [1.165, 1.54) is 24.4 Å². The quantitative estimate of drug-likeness (QED) is 0.747. The van der Waals surface area contributed by atoms with Gasteiger partial charge in [0, 0.05) is 15.7 Å². The van der Waals surface area contributed by atoms with Gasteiger partial charge in [0.25, 0.3) is 10.0 Å². The van der Waals surface area contributed by atoms with Crippen molar-refractivity contribution in [3.63, 3.8) is 0 Å². The molecule has 8 heteroatoms. The fourth-order valence-corrected chi connectivity index (χ4v) is 3.56. The van der Waals surface area contributed by atoms with E-state index in [1.54, 1.807) is 6.92 Å². The summed E-state index contributed by atoms with van der Waals surface area (Å²) in [4.78, 5) is 0.116. The van der Waals surface area contributed by atoms with Crippen molar-refractivity contribution in [3.05, 3.63) is 34.4 Å². The van der Waals surface area contributed by atoms with Crippen molar-refractivity contribution in [2.75, 3.05) is 10.5 Å². The smallest absolute Gasteiger partial charge is 0.264 e. The average Bonchev–Trinajstić information content (AvgIpc) is 2.63. The molecule has 4 N–H and O–H groups in total. The van der Waals surface area contributed by atoms with Crippen molar-refractivity contribution in [1.29, 1.82) is 0 Å². The minimum absolute atomic E-state index is 0.116. The van der Waals surface area contributed by atoms with E-state index in [4.69, 9.17) is 5.73 Å². The Balaban J connectivity index is 2.40. The molecule has 96 valence electrons. The number of aromatic amines is 1. The lowest BCUT2D eigenvalue weighted by molar-refractivity contribution is 0.600. The monoisotopic (exact) mass is 330 g/mol. The Kier molecular flexibility index (Phi) is 3.31. The van der Waals surface area contributed by atoms with Gasteiger partial charge in [0.05, 0.1) is 6.20 Å². The Morgan fingerprint density at radius 2 is 2.17 bits per heavy atom. The van der Waals surface area contributed by atoms with E-state index in [2.05, 4.69) is 30.8 Å². The van der Waals surface area contributed by atoms with Crippen molar-refractivity contribution in [2.45, 2.75) is 11.8 Å². The molecule has 0 aliphatic rings. The van der Waals surface area contributed by atoms with Crippen LogP contribution >= 0.6 is 15.9 Å². The molecule has 1 aromatic carbocycles. The molecule has 2 aromatic rings. The average molecular weight is 331 g/mol. The van der Waals surface area contributed by atoms with Gasteiger partial charge in [-0.05, 0) is 41.1 Å². The molecule has 0 atom stereocenters. The number of nitrogens with zero attached hydrogens (tertiary/aromatic N) is 1. The van der Waals surface area contributed by atoms with E-state index in [9.17, 15) is 8.42 Å². The summed E-state index contributed by atoms with van der Waals surface area (Å²) in [5, 5.41) is 6.33. The minimum atomic E-state index is -3.68. The number of hydrogen-bond donors (Lipinski definition) is 3. The maximum atomic E-state index is 12.2. The summed E-state index contributed by atoms with van der Waals surface area (Å²) < 4.78 is 27.1. The molecule has 0 unspecified atom stereocenters. The number of benzene rings is 1. The van der Waals surface area contributed by atoms with E-state index < -0.39 is 10.0 Å². The highest BCUT2D eigenvalue weighted by Gasteiger charge is 2.19. The van der Waals surface area contributed by atoms with Gasteiger partial charge < -0.3 is 5.73 Å². The highest BCUT2D eigenvalue weighted by atomic mass is 79.9. The molecule has 0 radical (unpaired) electrons. The molecule has 0 bridgehead atoms. The van der Waals surface area contributed by atoms with Crippen LogP contribution < -0.4 is 10.5 Å². The van der Waals surface area contributed by atoms with Crippen LogP contribution in [0.4, 0.5) is 11.5 Å². The molecular weight excluding hydrogens is 320 g/mol. The molecule has 0 aliphatic heterocycles. The maximum absolute atomic E-state index is 12.2. The van der Waals surface area contributed by atoms with Gasteiger partial charge in [-0.1, -0.05) is 0 Å². The topological polar surface area (TPSA) is 101 Å². The first-order valence-corrected chi connectivity index (χ1v) is 7.25. The summed E-state index contributed by atoms with van der Waals surface area (Å²) in [6.07, 6.45) is 1.54. The van der Waals surface area contributed by atoms with Crippen LogP contribution in [0.15, 0.2) is 33.8 Å². The summed E-state index contributed by atoms with van der Waals surface area (Å²) in [5.74, 6) is 0.346. The van der Waals surface area contributed by atoms with Crippen LogP contribution in [0.2, 0.25) is 0 Å². The Morgan fingerprint density at radius 3 is 2.72 bits per heavy atom. The molecule has 0 saturated carbocycles. The predicted molar refractivity (Wildman–Crippen MR) is 72.7 cm³/mol. The van der Waals surface area contributed by atoms with Crippen LogP contribution in [0, 0.1) is 6.92 Å². The number of aryl methyl sites for hydroxylation is 1. The Morgan fingerprint density at radius 1 is 1.44 bits per heavy atom. The van der Waals surface area contributed by atoms with Gasteiger partial charge in [-0.25, -0.2) is 8.42 Å². The summed E-state index contributed by atoms with van der Waals surface area (Å²) in [6, 6.07) is 4.50. The zero-order valence-electron chi connectivity index (χ0n) is 9.44. The van der Waals surface area contributed by atoms with Gasteiger partial charge in [-0.15, -0.1) is 0 Å². The second kappa shape index (κ2) is 4.62. The summed E-state index contributed by atoms with van der Waals surface area (Å²) in [7, 11) is -3.68. The van der Waals surface area contributed by atoms with Crippen molar-refractivity contribution in [1.82, 2.24) is 10.2 Å². The summed E-state index contributed by atoms with van der Waals surface area (Å²) in [6.45, 7) is 1.75. The fraction of sp³-hybridized carbons (Fsp3) is 0.100. The number of nitrogens with two attached hydrogens (primary N) is 1. The normalized spacial score (nSPS) is 11.4. The number of rotatable bonds is 3. The molecule has 0 fully saturated rings. The molecule has 1 heterocycles. The van der Waals surface area contributed by atoms with Crippen LogP contribution in [-0.2, 0) is 10.0 Å². The van der Waals surface area contributed by atoms with Crippen LogP contribution in [0.5, 0.6) is 0 Å². The van der Waals surface area contributed by atoms with Crippen molar-refractivity contribution >= 4 is 37.5 Å². The van der Waals surface area contributed by atoms with Gasteiger partial charge >= 0.3 is 0 Å². The van der Waals surface area contributed by atoms with Crippen LogP contribution in [0.25, 0.3) is 0 Å². The highest BCUT2D eigenvalue weighted by molar-refractivity contribution is 9.10. The van der Waals surface area contributed by atoms with Crippen LogP contribution in [-0.4, -0.2) is 18.6 Å². The number of H-pyrrole nitrogens is 1. The number of anilines is 2. The minimum Gasteiger partial charge on any atom is -0.399 e. The van der Waals surface area contributed by atoms with Crippen LogP contribution in [0.1, 0.15) is 5.56 Å². The molecular formula is C10H11BrN4O2S. The van der Waals surface area contributed by atoms with Gasteiger partial charge in [-0.3, -0.25) is 9.82 Å². The van der Waals surface area contributed by atoms with E-state index in [0.717, 1.165) is 0 Å². The first-order chi connectivity index (χ1) is 8.40. The fourth-order valence-electron chi connectivity index (χ4n) is 1.37. The number of hydrogen-bond acceptors (Lipinski definition) is 4. The standard InChI is InChI=1S/C10H11BrN4O2S/c1-6-5-13-14-10(6)15-18(16,17)9-3-2-7(12)4-8(9)11/h2-5H,12H2,1H3,(H2,13,14,15). The van der Waals surface area contributed by atoms with Crippen molar-refractivity contribution in [2.24, 2.45) is 0 Å². The zero-order chi connectivity index (χ0) is 13.3. The molecule has 0 aliphatic carbocycles. The Hall–Kier alpha value is -1.54. The van der Waals surface area contributed by atoms with Gasteiger partial charge in [0.2, 0.25) is 0 Å². The van der Waals surface area contributed by atoms with E-state index in [-0.39, 0.29) is 4.90 Å². The molecule has 6 nitrogen and oxygen atoms in total. The third kappa shape index (κ3) is 2.49. The molecule has 18 heavy (non-hydrogen) atoms. The van der Waals surface area contributed by atoms with Crippen LogP contribution in [0.3, 0.4) is 0 Å². The molecule has 2 rings (SSSR count). The lowest BCUT2D eigenvalue weighted by atomic mass is 10.3. The maximum Gasteiger partial charge on any atom is 0.264 e. The number of sulfonamides is 1. The molecule has 0 spiro atoms. The highest BCUT2D eigenvalue weighted by Crippen LogP contribution is 2.26. The third-order valence-corrected chi connectivity index (χ3v) is 4.64. The Bertz CT molecular complexity index is 681. The largest absolute Gasteiger partial charge is 0.399 e. The second-order valence-electron chi connectivity index (χ2n) is 3.72. The van der Waals surface area contributed by atoms with E-state index >= 15 is 0 Å².